The van der Waals surface area contributed by atoms with Gasteiger partial charge in [-0.15, -0.1) is 11.8 Å². The zero-order valence-corrected chi connectivity index (χ0v) is 8.17. The number of hydrogen-bond donors (Lipinski definition) is 1. The third-order valence-electron chi connectivity index (χ3n) is 1.40. The van der Waals surface area contributed by atoms with Crippen LogP contribution in [-0.4, -0.2) is 11.3 Å². The van der Waals surface area contributed by atoms with E-state index in [-0.39, 0.29) is 0 Å². The van der Waals surface area contributed by atoms with E-state index in [9.17, 15) is 4.21 Å². The maximum absolute atomic E-state index is 10.4. The molecule has 0 aliphatic rings. The predicted octanol–water partition coefficient (Wildman–Crippen LogP) is 2.16. The molecule has 0 aliphatic heterocycles. The molecule has 0 spiro atoms. The molecule has 0 radical (unpaired) electrons. The Balaban J connectivity index is 3.01. The smallest absolute Gasteiger partial charge is 0.293 e. The topological polar surface area (TPSA) is 40.9 Å². The van der Waals surface area contributed by atoms with Crippen molar-refractivity contribution in [2.75, 3.05) is 6.26 Å². The summed E-state index contributed by atoms with van der Waals surface area (Å²) in [5.74, 6) is 0. The first-order valence-electron chi connectivity index (χ1n) is 3.30. The second-order valence-corrected chi connectivity index (χ2v) is 3.60. The van der Waals surface area contributed by atoms with Gasteiger partial charge in [-0.25, -0.2) is 0 Å². The molecule has 0 saturated heterocycles. The van der Waals surface area contributed by atoms with Crippen molar-refractivity contribution in [3.05, 3.63) is 29.8 Å². The van der Waals surface area contributed by atoms with Gasteiger partial charge in [0.25, 0.3) is 4.90 Å². The Morgan fingerprint density at radius 2 is 2.33 bits per heavy atom. The fraction of sp³-hybridized carbons (Fsp3) is 0.125. The second kappa shape index (κ2) is 4.33. The average molecular weight is 198 g/mol. The third kappa shape index (κ3) is 2.12. The fourth-order valence-corrected chi connectivity index (χ4v) is 1.48. The summed E-state index contributed by atoms with van der Waals surface area (Å²) in [5.41, 5.74) is 0.809. The summed E-state index contributed by atoms with van der Waals surface area (Å²) in [6.07, 6.45) is 1.85. The Morgan fingerprint density at radius 1 is 1.58 bits per heavy atom. The molecule has 1 N–H and O–H groups in total. The van der Waals surface area contributed by atoms with Gasteiger partial charge in [-0.3, -0.25) is 5.41 Å². The van der Waals surface area contributed by atoms with Crippen LogP contribution in [0, 0.1) is 5.41 Å². The van der Waals surface area contributed by atoms with Crippen LogP contribution >= 0.6 is 11.8 Å². The van der Waals surface area contributed by atoms with Crippen LogP contribution in [0.2, 0.25) is 0 Å². The minimum atomic E-state index is 0.455. The van der Waals surface area contributed by atoms with Crippen LogP contribution in [-0.2, 0) is 15.9 Å². The van der Waals surface area contributed by atoms with Crippen molar-refractivity contribution >= 4 is 28.5 Å². The molecule has 62 valence electrons. The summed E-state index contributed by atoms with van der Waals surface area (Å²) in [7, 11) is 0. The minimum absolute atomic E-state index is 0.455. The SMILES string of the molecule is CSC(=N)c1cccc([S+]=O)c1. The first kappa shape index (κ1) is 9.35. The van der Waals surface area contributed by atoms with Gasteiger partial charge in [-0.05, 0) is 6.26 Å². The molecule has 0 aromatic heterocycles. The van der Waals surface area contributed by atoms with Crippen molar-refractivity contribution in [3.63, 3.8) is 0 Å². The van der Waals surface area contributed by atoms with Crippen LogP contribution in [0.5, 0.6) is 0 Å². The Hall–Kier alpha value is -0.740. The largest absolute Gasteiger partial charge is 0.505 e. The van der Waals surface area contributed by atoms with Gasteiger partial charge in [-0.1, -0.05) is 12.1 Å². The molecule has 0 aliphatic carbocycles. The molecule has 12 heavy (non-hydrogen) atoms. The quantitative estimate of drug-likeness (QED) is 0.449. The van der Waals surface area contributed by atoms with Gasteiger partial charge in [0, 0.05) is 21.9 Å². The van der Waals surface area contributed by atoms with Crippen LogP contribution in [0.3, 0.4) is 0 Å². The number of hydrogen-bond acceptors (Lipinski definition) is 3. The van der Waals surface area contributed by atoms with E-state index in [0.29, 0.717) is 21.6 Å². The number of benzene rings is 1. The van der Waals surface area contributed by atoms with Crippen LogP contribution in [0.4, 0.5) is 0 Å². The van der Waals surface area contributed by atoms with Gasteiger partial charge in [-0.2, -0.15) is 0 Å². The van der Waals surface area contributed by atoms with Gasteiger partial charge in [0.2, 0.25) is 0 Å². The highest BCUT2D eigenvalue weighted by Crippen LogP contribution is 2.11. The van der Waals surface area contributed by atoms with Crippen molar-refractivity contribution in [3.8, 4) is 0 Å². The molecule has 0 amide bonds. The highest BCUT2D eigenvalue weighted by atomic mass is 32.2. The molecule has 0 atom stereocenters. The van der Waals surface area contributed by atoms with Crippen molar-refractivity contribution in [1.82, 2.24) is 0 Å². The number of thioether (sulfide) groups is 1. The highest BCUT2D eigenvalue weighted by molar-refractivity contribution is 8.13. The van der Waals surface area contributed by atoms with E-state index in [2.05, 4.69) is 0 Å². The van der Waals surface area contributed by atoms with Gasteiger partial charge in [0.05, 0.1) is 5.04 Å². The Morgan fingerprint density at radius 3 is 2.92 bits per heavy atom. The third-order valence-corrected chi connectivity index (χ3v) is 2.49. The van der Waals surface area contributed by atoms with Gasteiger partial charge in [0.15, 0.2) is 0 Å². The van der Waals surface area contributed by atoms with E-state index in [1.807, 2.05) is 12.3 Å². The van der Waals surface area contributed by atoms with Crippen LogP contribution < -0.4 is 0 Å². The van der Waals surface area contributed by atoms with E-state index in [1.165, 1.54) is 11.8 Å². The van der Waals surface area contributed by atoms with E-state index in [0.717, 1.165) is 5.56 Å². The summed E-state index contributed by atoms with van der Waals surface area (Å²) >= 11 is 1.82. The maximum Gasteiger partial charge on any atom is 0.505 e. The first-order valence-corrected chi connectivity index (χ1v) is 5.27. The molecule has 1 aromatic rings. The molecule has 0 heterocycles. The summed E-state index contributed by atoms with van der Waals surface area (Å²) in [4.78, 5) is 0.659. The standard InChI is InChI=1S/C8H8NOS2/c1-11-8(9)6-3-2-4-7(5-6)12-10/h2-5,9H,1H3/q+1. The van der Waals surface area contributed by atoms with Gasteiger partial charge in [0.1, 0.15) is 0 Å². The summed E-state index contributed by atoms with van der Waals surface area (Å²) in [6.45, 7) is 0. The van der Waals surface area contributed by atoms with Gasteiger partial charge < -0.3 is 0 Å². The molecule has 0 saturated carbocycles. The maximum atomic E-state index is 10.4. The summed E-state index contributed by atoms with van der Waals surface area (Å²) < 4.78 is 10.4. The molecule has 1 aromatic carbocycles. The Kier molecular flexibility index (Phi) is 3.37. The molecule has 0 fully saturated rings. The minimum Gasteiger partial charge on any atom is -0.293 e. The lowest BCUT2D eigenvalue weighted by Gasteiger charge is -1.96. The Bertz CT molecular complexity index is 312. The number of rotatable bonds is 2. The number of nitrogens with one attached hydrogen (secondary N) is 1. The van der Waals surface area contributed by atoms with E-state index in [4.69, 9.17) is 5.41 Å². The molecule has 1 rings (SSSR count). The van der Waals surface area contributed by atoms with Crippen molar-refractivity contribution < 1.29 is 4.21 Å². The van der Waals surface area contributed by atoms with Crippen molar-refractivity contribution in [2.45, 2.75) is 4.90 Å². The van der Waals surface area contributed by atoms with E-state index < -0.39 is 0 Å². The fourth-order valence-electron chi connectivity index (χ4n) is 0.807. The lowest BCUT2D eigenvalue weighted by Crippen LogP contribution is -1.91. The molecular formula is C8H8NOS2+. The van der Waals surface area contributed by atoms with Crippen molar-refractivity contribution in [2.24, 2.45) is 0 Å². The van der Waals surface area contributed by atoms with Gasteiger partial charge >= 0.3 is 11.7 Å². The van der Waals surface area contributed by atoms with Crippen LogP contribution in [0.15, 0.2) is 29.2 Å². The van der Waals surface area contributed by atoms with Crippen LogP contribution in [0.25, 0.3) is 0 Å². The first-order chi connectivity index (χ1) is 5.77. The van der Waals surface area contributed by atoms with E-state index >= 15 is 0 Å². The second-order valence-electron chi connectivity index (χ2n) is 2.14. The average Bonchev–Trinajstić information content (AvgIpc) is 2.17. The Labute approximate surface area is 79.4 Å². The summed E-state index contributed by atoms with van der Waals surface area (Å²) in [5, 5.41) is 7.99. The van der Waals surface area contributed by atoms with E-state index in [1.54, 1.807) is 18.2 Å². The normalized spacial score (nSPS) is 9.42. The molecular weight excluding hydrogens is 190 g/mol. The highest BCUT2D eigenvalue weighted by Gasteiger charge is 2.08. The zero-order chi connectivity index (χ0) is 8.97. The van der Waals surface area contributed by atoms with Crippen molar-refractivity contribution in [1.29, 1.82) is 5.41 Å². The lowest BCUT2D eigenvalue weighted by atomic mass is 10.2. The predicted molar refractivity (Wildman–Crippen MR) is 53.1 cm³/mol. The molecule has 4 heteroatoms. The molecule has 0 bridgehead atoms. The summed E-state index contributed by atoms with van der Waals surface area (Å²) in [6, 6.07) is 7.10. The monoisotopic (exact) mass is 198 g/mol. The van der Waals surface area contributed by atoms with Crippen LogP contribution in [0.1, 0.15) is 5.56 Å². The molecule has 0 unspecified atom stereocenters. The lowest BCUT2D eigenvalue weighted by molar-refractivity contribution is 0.605. The zero-order valence-electron chi connectivity index (χ0n) is 6.53. The molecule has 2 nitrogen and oxygen atoms in total.